The summed E-state index contributed by atoms with van der Waals surface area (Å²) in [5, 5.41) is 3.28. The highest BCUT2D eigenvalue weighted by Gasteiger charge is 2.07. The van der Waals surface area contributed by atoms with Gasteiger partial charge in [-0.25, -0.2) is 4.98 Å². The van der Waals surface area contributed by atoms with Gasteiger partial charge in [-0.3, -0.25) is 0 Å². The lowest BCUT2D eigenvalue weighted by atomic mass is 10.3. The molecule has 1 atom stereocenters. The Balaban J connectivity index is 2.59. The molecule has 0 saturated heterocycles. The van der Waals surface area contributed by atoms with E-state index < -0.39 is 0 Å². The summed E-state index contributed by atoms with van der Waals surface area (Å²) in [4.78, 5) is 7.75. The van der Waals surface area contributed by atoms with Crippen molar-refractivity contribution in [3.05, 3.63) is 11.5 Å². The fourth-order valence-electron chi connectivity index (χ4n) is 1.05. The molecule has 6 heteroatoms. The second kappa shape index (κ2) is 5.72. The van der Waals surface area contributed by atoms with Crippen molar-refractivity contribution >= 4 is 23.1 Å². The monoisotopic (exact) mass is 230 g/mol. The number of aromatic nitrogens is 2. The van der Waals surface area contributed by atoms with Gasteiger partial charge in [0.25, 0.3) is 0 Å². The third kappa shape index (κ3) is 3.89. The van der Waals surface area contributed by atoms with E-state index in [1.165, 1.54) is 6.20 Å². The van der Waals surface area contributed by atoms with Gasteiger partial charge in [0.15, 0.2) is 5.82 Å². The quantitative estimate of drug-likeness (QED) is 0.751. The number of hydrogen-bond donors (Lipinski definition) is 2. The van der Waals surface area contributed by atoms with Gasteiger partial charge in [0, 0.05) is 12.6 Å². The number of anilines is 2. The van der Waals surface area contributed by atoms with Gasteiger partial charge in [-0.05, 0) is 25.4 Å². The largest absolute Gasteiger partial charge is 0.394 e. The van der Waals surface area contributed by atoms with Crippen LogP contribution in [0.2, 0.25) is 5.28 Å². The zero-order valence-corrected chi connectivity index (χ0v) is 9.58. The molecule has 0 saturated carbocycles. The van der Waals surface area contributed by atoms with E-state index in [4.69, 9.17) is 22.1 Å². The molecule has 15 heavy (non-hydrogen) atoms. The first kappa shape index (κ1) is 12.0. The molecule has 0 fully saturated rings. The van der Waals surface area contributed by atoms with Crippen LogP contribution in [-0.4, -0.2) is 29.2 Å². The molecular weight excluding hydrogens is 216 g/mol. The van der Waals surface area contributed by atoms with Crippen LogP contribution in [0.15, 0.2) is 6.20 Å². The molecular formula is C9H15ClN4O. The molecule has 1 aromatic heterocycles. The Hall–Kier alpha value is -1.07. The first-order valence-corrected chi connectivity index (χ1v) is 5.13. The van der Waals surface area contributed by atoms with Crippen molar-refractivity contribution in [2.75, 3.05) is 24.3 Å². The fourth-order valence-corrected chi connectivity index (χ4v) is 1.19. The Kier molecular flexibility index (Phi) is 4.58. The van der Waals surface area contributed by atoms with Crippen molar-refractivity contribution in [1.82, 2.24) is 9.97 Å². The number of halogens is 1. The van der Waals surface area contributed by atoms with Crippen molar-refractivity contribution in [3.63, 3.8) is 0 Å². The van der Waals surface area contributed by atoms with Gasteiger partial charge >= 0.3 is 0 Å². The number of nitrogen functional groups attached to an aromatic ring is 1. The molecule has 1 unspecified atom stereocenters. The molecule has 5 nitrogen and oxygen atoms in total. The molecule has 0 spiro atoms. The average Bonchev–Trinajstić information content (AvgIpc) is 2.20. The van der Waals surface area contributed by atoms with E-state index in [0.717, 1.165) is 0 Å². The molecule has 1 rings (SSSR count). The van der Waals surface area contributed by atoms with Crippen LogP contribution in [-0.2, 0) is 4.74 Å². The second-order valence-electron chi connectivity index (χ2n) is 3.15. The first-order chi connectivity index (χ1) is 7.13. The molecule has 1 heterocycles. The van der Waals surface area contributed by atoms with Crippen molar-refractivity contribution in [3.8, 4) is 0 Å². The maximum Gasteiger partial charge on any atom is 0.224 e. The van der Waals surface area contributed by atoms with Crippen LogP contribution in [0.1, 0.15) is 13.8 Å². The average molecular weight is 231 g/mol. The van der Waals surface area contributed by atoms with Gasteiger partial charge in [0.1, 0.15) is 0 Å². The normalized spacial score (nSPS) is 12.5. The molecule has 0 radical (unpaired) electrons. The van der Waals surface area contributed by atoms with Crippen LogP contribution >= 0.6 is 11.6 Å². The van der Waals surface area contributed by atoms with E-state index in [2.05, 4.69) is 15.3 Å². The van der Waals surface area contributed by atoms with Crippen LogP contribution in [0.25, 0.3) is 0 Å². The van der Waals surface area contributed by atoms with E-state index in [9.17, 15) is 0 Å². The minimum absolute atomic E-state index is 0.123. The molecule has 0 aromatic carbocycles. The molecule has 0 bridgehead atoms. The lowest BCUT2D eigenvalue weighted by Crippen LogP contribution is -2.23. The van der Waals surface area contributed by atoms with E-state index in [1.54, 1.807) is 0 Å². The lowest BCUT2D eigenvalue weighted by Gasteiger charge is -2.15. The van der Waals surface area contributed by atoms with Crippen molar-refractivity contribution in [2.45, 2.75) is 19.9 Å². The van der Waals surface area contributed by atoms with Crippen LogP contribution in [0.4, 0.5) is 11.5 Å². The molecule has 0 amide bonds. The Labute approximate surface area is 94.0 Å². The molecule has 1 aromatic rings. The van der Waals surface area contributed by atoms with Gasteiger partial charge in [0.05, 0.1) is 18.5 Å². The van der Waals surface area contributed by atoms with Crippen molar-refractivity contribution < 1.29 is 4.74 Å². The summed E-state index contributed by atoms with van der Waals surface area (Å²) >= 11 is 5.66. The number of hydrogen-bond acceptors (Lipinski definition) is 5. The lowest BCUT2D eigenvalue weighted by molar-refractivity contribution is 0.141. The number of rotatable bonds is 5. The predicted octanol–water partition coefficient (Wildman–Crippen LogP) is 1.55. The van der Waals surface area contributed by atoms with Gasteiger partial charge in [-0.15, -0.1) is 0 Å². The number of ether oxygens (including phenoxy) is 1. The zero-order valence-electron chi connectivity index (χ0n) is 8.83. The van der Waals surface area contributed by atoms with Crippen molar-refractivity contribution in [1.29, 1.82) is 0 Å². The maximum atomic E-state index is 5.68. The third-order valence-corrected chi connectivity index (χ3v) is 1.92. The van der Waals surface area contributed by atoms with E-state index in [-0.39, 0.29) is 11.3 Å². The topological polar surface area (TPSA) is 73.1 Å². The smallest absolute Gasteiger partial charge is 0.224 e. The highest BCUT2D eigenvalue weighted by molar-refractivity contribution is 6.28. The SMILES string of the molecule is CCOCC(C)Nc1nc(Cl)ncc1N. The summed E-state index contributed by atoms with van der Waals surface area (Å²) < 4.78 is 5.26. The maximum absolute atomic E-state index is 5.68. The number of nitrogens with two attached hydrogens (primary N) is 1. The minimum atomic E-state index is 0.123. The van der Waals surface area contributed by atoms with E-state index in [0.29, 0.717) is 24.7 Å². The molecule has 84 valence electrons. The molecule has 0 aliphatic rings. The zero-order chi connectivity index (χ0) is 11.3. The summed E-state index contributed by atoms with van der Waals surface area (Å²) in [6, 6.07) is 0.123. The Morgan fingerprint density at radius 3 is 3.07 bits per heavy atom. The van der Waals surface area contributed by atoms with Gasteiger partial charge in [-0.2, -0.15) is 4.98 Å². The van der Waals surface area contributed by atoms with E-state index >= 15 is 0 Å². The van der Waals surface area contributed by atoms with Crippen molar-refractivity contribution in [2.24, 2.45) is 0 Å². The van der Waals surface area contributed by atoms with Crippen LogP contribution in [0.5, 0.6) is 0 Å². The van der Waals surface area contributed by atoms with Gasteiger partial charge in [-0.1, -0.05) is 0 Å². The highest BCUT2D eigenvalue weighted by atomic mass is 35.5. The fraction of sp³-hybridized carbons (Fsp3) is 0.556. The first-order valence-electron chi connectivity index (χ1n) is 4.75. The van der Waals surface area contributed by atoms with E-state index in [1.807, 2.05) is 13.8 Å². The Bertz CT molecular complexity index is 321. The van der Waals surface area contributed by atoms with Crippen LogP contribution in [0, 0.1) is 0 Å². The number of nitrogens with one attached hydrogen (secondary N) is 1. The molecule has 0 aliphatic heterocycles. The highest BCUT2D eigenvalue weighted by Crippen LogP contribution is 2.16. The number of nitrogens with zero attached hydrogens (tertiary/aromatic N) is 2. The summed E-state index contributed by atoms with van der Waals surface area (Å²) in [5.74, 6) is 0.544. The summed E-state index contributed by atoms with van der Waals surface area (Å²) in [6.45, 7) is 5.21. The third-order valence-electron chi connectivity index (χ3n) is 1.74. The Morgan fingerprint density at radius 2 is 2.40 bits per heavy atom. The summed E-state index contributed by atoms with van der Waals surface area (Å²) in [6.07, 6.45) is 1.48. The standard InChI is InChI=1S/C9H15ClN4O/c1-3-15-5-6(2)13-8-7(11)4-12-9(10)14-8/h4,6H,3,5,11H2,1-2H3,(H,12,13,14). The van der Waals surface area contributed by atoms with Gasteiger partial charge in [0.2, 0.25) is 5.28 Å². The molecule has 0 aliphatic carbocycles. The predicted molar refractivity (Wildman–Crippen MR) is 61.0 cm³/mol. The van der Waals surface area contributed by atoms with Crippen LogP contribution in [0.3, 0.4) is 0 Å². The van der Waals surface area contributed by atoms with Crippen LogP contribution < -0.4 is 11.1 Å². The second-order valence-corrected chi connectivity index (χ2v) is 3.49. The molecule has 3 N–H and O–H groups in total. The minimum Gasteiger partial charge on any atom is -0.394 e. The summed E-state index contributed by atoms with van der Waals surface area (Å²) in [5.41, 5.74) is 6.15. The van der Waals surface area contributed by atoms with Gasteiger partial charge < -0.3 is 15.8 Å². The summed E-state index contributed by atoms with van der Waals surface area (Å²) in [7, 11) is 0. The Morgan fingerprint density at radius 1 is 1.67 bits per heavy atom.